The second-order valence-corrected chi connectivity index (χ2v) is 6.80. The van der Waals surface area contributed by atoms with Crippen molar-refractivity contribution < 1.29 is 14.3 Å². The number of thiocarbonyl (C=S) groups is 1. The molecule has 0 aliphatic carbocycles. The minimum atomic E-state index is -0.421. The number of hydrogen-bond donors (Lipinski definition) is 3. The summed E-state index contributed by atoms with van der Waals surface area (Å²) in [5.41, 5.74) is 6.07. The number of nitrogens with one attached hydrogen (secondary N) is 3. The second kappa shape index (κ2) is 9.14. The maximum atomic E-state index is 11.8. The van der Waals surface area contributed by atoms with Gasteiger partial charge < -0.3 is 4.74 Å². The van der Waals surface area contributed by atoms with E-state index in [9.17, 15) is 9.59 Å². The molecule has 0 unspecified atom stereocenters. The Balaban J connectivity index is 1.70. The molecule has 0 aliphatic heterocycles. The lowest BCUT2D eigenvalue weighted by Crippen LogP contribution is -2.49. The maximum Gasteiger partial charge on any atom is 0.279 e. The van der Waals surface area contributed by atoms with Gasteiger partial charge in [0.15, 0.2) is 11.7 Å². The van der Waals surface area contributed by atoms with Crippen molar-refractivity contribution in [2.75, 3.05) is 6.61 Å². The highest BCUT2D eigenvalue weighted by Crippen LogP contribution is 2.18. The van der Waals surface area contributed by atoms with Crippen molar-refractivity contribution in [3.8, 4) is 5.75 Å². The third-order valence-electron chi connectivity index (χ3n) is 3.20. The first-order valence-electron chi connectivity index (χ1n) is 7.62. The Hall–Kier alpha value is -2.45. The molecule has 0 aliphatic rings. The maximum absolute atomic E-state index is 11.8. The van der Waals surface area contributed by atoms with Gasteiger partial charge in [-0.15, -0.1) is 11.3 Å². The molecule has 0 atom stereocenters. The smallest absolute Gasteiger partial charge is 0.279 e. The molecule has 2 aromatic rings. The van der Waals surface area contributed by atoms with Crippen molar-refractivity contribution in [2.45, 2.75) is 19.8 Å². The molecule has 0 radical (unpaired) electrons. The van der Waals surface area contributed by atoms with Crippen molar-refractivity contribution in [1.29, 1.82) is 0 Å². The van der Waals surface area contributed by atoms with E-state index in [4.69, 9.17) is 17.0 Å². The van der Waals surface area contributed by atoms with Crippen LogP contribution < -0.4 is 20.9 Å². The molecule has 8 heteroatoms. The zero-order valence-corrected chi connectivity index (χ0v) is 15.5. The van der Waals surface area contributed by atoms with Gasteiger partial charge in [0.2, 0.25) is 0 Å². The lowest BCUT2D eigenvalue weighted by molar-refractivity contribution is -0.121. The molecule has 25 heavy (non-hydrogen) atoms. The molecular weight excluding hydrogens is 358 g/mol. The third kappa shape index (κ3) is 6.17. The summed E-state index contributed by atoms with van der Waals surface area (Å²) in [4.78, 5) is 24.1. The van der Waals surface area contributed by atoms with E-state index in [-0.39, 0.29) is 17.6 Å². The number of rotatable bonds is 5. The van der Waals surface area contributed by atoms with Gasteiger partial charge in [-0.05, 0) is 47.3 Å². The van der Waals surface area contributed by atoms with E-state index < -0.39 is 5.91 Å². The van der Waals surface area contributed by atoms with Crippen LogP contribution in [0.1, 0.15) is 35.0 Å². The molecular formula is C17H19N3O3S2. The Morgan fingerprint density at radius 1 is 1.16 bits per heavy atom. The second-order valence-electron chi connectivity index (χ2n) is 5.45. The van der Waals surface area contributed by atoms with Crippen LogP contribution in [-0.4, -0.2) is 23.5 Å². The average Bonchev–Trinajstić information content (AvgIpc) is 3.13. The van der Waals surface area contributed by atoms with E-state index >= 15 is 0 Å². The number of carbonyl (C=O) groups excluding carboxylic acids is 2. The first-order valence-corrected chi connectivity index (χ1v) is 8.91. The largest absolute Gasteiger partial charge is 0.484 e. The molecule has 0 fully saturated rings. The molecule has 6 nitrogen and oxygen atoms in total. The Morgan fingerprint density at radius 2 is 1.88 bits per heavy atom. The predicted molar refractivity (Wildman–Crippen MR) is 102 cm³/mol. The Kier molecular flexibility index (Phi) is 6.91. The molecule has 3 N–H and O–H groups in total. The molecule has 132 valence electrons. The summed E-state index contributed by atoms with van der Waals surface area (Å²) in [6, 6.07) is 11.0. The first-order chi connectivity index (χ1) is 12.0. The van der Waals surface area contributed by atoms with Gasteiger partial charge >= 0.3 is 0 Å². The number of carbonyl (C=O) groups is 2. The SMILES string of the molecule is CC(C)c1ccc(OCC(=O)NC(=S)NNC(=O)c2cccs2)cc1. The topological polar surface area (TPSA) is 79.5 Å². The zero-order valence-electron chi connectivity index (χ0n) is 13.9. The number of amides is 2. The summed E-state index contributed by atoms with van der Waals surface area (Å²) in [5, 5.41) is 4.21. The third-order valence-corrected chi connectivity index (χ3v) is 4.28. The van der Waals surface area contributed by atoms with E-state index in [0.717, 1.165) is 0 Å². The first kappa shape index (κ1) is 18.9. The fourth-order valence-electron chi connectivity index (χ4n) is 1.87. The summed E-state index contributed by atoms with van der Waals surface area (Å²) < 4.78 is 5.40. The lowest BCUT2D eigenvalue weighted by Gasteiger charge is -2.11. The van der Waals surface area contributed by atoms with Crippen LogP contribution in [0.15, 0.2) is 41.8 Å². The monoisotopic (exact) mass is 377 g/mol. The predicted octanol–water partition coefficient (Wildman–Crippen LogP) is 2.59. The van der Waals surface area contributed by atoms with E-state index in [2.05, 4.69) is 30.0 Å². The van der Waals surface area contributed by atoms with Crippen LogP contribution in [0, 0.1) is 0 Å². The molecule has 0 saturated carbocycles. The Morgan fingerprint density at radius 3 is 2.48 bits per heavy atom. The number of ether oxygens (including phenoxy) is 1. The van der Waals surface area contributed by atoms with Gasteiger partial charge in [0.05, 0.1) is 4.88 Å². The summed E-state index contributed by atoms with van der Waals surface area (Å²) in [7, 11) is 0. The van der Waals surface area contributed by atoms with Gasteiger partial charge in [0.1, 0.15) is 5.75 Å². The summed E-state index contributed by atoms with van der Waals surface area (Å²) in [6.45, 7) is 4.03. The molecule has 1 aromatic carbocycles. The van der Waals surface area contributed by atoms with Gasteiger partial charge in [-0.25, -0.2) is 0 Å². The Bertz CT molecular complexity index is 728. The summed E-state index contributed by atoms with van der Waals surface area (Å²) in [6.07, 6.45) is 0. The summed E-state index contributed by atoms with van der Waals surface area (Å²) >= 11 is 6.25. The van der Waals surface area contributed by atoms with Crippen LogP contribution in [0.3, 0.4) is 0 Å². The minimum absolute atomic E-state index is 0.00587. The lowest BCUT2D eigenvalue weighted by atomic mass is 10.0. The molecule has 1 heterocycles. The summed E-state index contributed by atoms with van der Waals surface area (Å²) in [5.74, 6) is 0.290. The highest BCUT2D eigenvalue weighted by Gasteiger charge is 2.09. The Labute approximate surface area is 155 Å². The quantitative estimate of drug-likeness (QED) is 0.551. The van der Waals surface area contributed by atoms with Crippen LogP contribution >= 0.6 is 23.6 Å². The van der Waals surface area contributed by atoms with Crippen LogP contribution in [0.2, 0.25) is 0 Å². The standard InChI is InChI=1S/C17H19N3O3S2/c1-11(2)12-5-7-13(8-6-12)23-10-15(21)18-17(24)20-19-16(22)14-4-3-9-25-14/h3-9,11H,10H2,1-2H3,(H,19,22)(H2,18,20,21,24). The zero-order chi connectivity index (χ0) is 18.2. The fraction of sp³-hybridized carbons (Fsp3) is 0.235. The van der Waals surface area contributed by atoms with Gasteiger partial charge in [-0.2, -0.15) is 0 Å². The average molecular weight is 377 g/mol. The van der Waals surface area contributed by atoms with Crippen LogP contribution in [0.5, 0.6) is 5.75 Å². The van der Waals surface area contributed by atoms with Crippen molar-refractivity contribution in [2.24, 2.45) is 0 Å². The normalized spacial score (nSPS) is 10.2. The van der Waals surface area contributed by atoms with Gasteiger partial charge in [-0.1, -0.05) is 32.0 Å². The number of hydrogen-bond acceptors (Lipinski definition) is 5. The van der Waals surface area contributed by atoms with Crippen molar-refractivity contribution >= 4 is 40.5 Å². The number of benzene rings is 1. The van der Waals surface area contributed by atoms with E-state index in [1.165, 1.54) is 16.9 Å². The van der Waals surface area contributed by atoms with E-state index in [0.29, 0.717) is 16.5 Å². The molecule has 2 amide bonds. The molecule has 0 saturated heterocycles. The highest BCUT2D eigenvalue weighted by molar-refractivity contribution is 7.80. The van der Waals surface area contributed by atoms with Crippen LogP contribution in [0.25, 0.3) is 0 Å². The van der Waals surface area contributed by atoms with Gasteiger partial charge in [-0.3, -0.25) is 25.8 Å². The van der Waals surface area contributed by atoms with E-state index in [1.54, 1.807) is 17.5 Å². The highest BCUT2D eigenvalue weighted by atomic mass is 32.1. The van der Waals surface area contributed by atoms with Crippen LogP contribution in [0.4, 0.5) is 0 Å². The minimum Gasteiger partial charge on any atom is -0.484 e. The van der Waals surface area contributed by atoms with Crippen molar-refractivity contribution in [1.82, 2.24) is 16.2 Å². The fourth-order valence-corrected chi connectivity index (χ4v) is 2.66. The molecule has 0 bridgehead atoms. The number of thiophene rings is 1. The van der Waals surface area contributed by atoms with Crippen molar-refractivity contribution in [3.63, 3.8) is 0 Å². The molecule has 1 aromatic heterocycles. The van der Waals surface area contributed by atoms with E-state index in [1.807, 2.05) is 24.3 Å². The molecule has 0 spiro atoms. The molecule has 2 rings (SSSR count). The van der Waals surface area contributed by atoms with Gasteiger partial charge in [0, 0.05) is 0 Å². The van der Waals surface area contributed by atoms with Gasteiger partial charge in [0.25, 0.3) is 11.8 Å². The van der Waals surface area contributed by atoms with Crippen LogP contribution in [-0.2, 0) is 4.79 Å². The number of hydrazine groups is 1. The van der Waals surface area contributed by atoms with Crippen molar-refractivity contribution in [3.05, 3.63) is 52.2 Å².